The summed E-state index contributed by atoms with van der Waals surface area (Å²) in [5.41, 5.74) is 3.78. The highest BCUT2D eigenvalue weighted by Crippen LogP contribution is 2.36. The Kier molecular flexibility index (Phi) is 8.71. The Labute approximate surface area is 296 Å². The molecule has 2 N–H and O–H groups in total. The Morgan fingerprint density at radius 1 is 0.588 bits per heavy atom. The lowest BCUT2D eigenvalue weighted by Crippen LogP contribution is -2.61. The molecule has 2 saturated heterocycles. The van der Waals surface area contributed by atoms with Gasteiger partial charge in [-0.3, -0.25) is 39.6 Å². The van der Waals surface area contributed by atoms with Crippen LogP contribution in [0.4, 0.5) is 11.4 Å². The quantitative estimate of drug-likeness (QED) is 0.196. The SMILES string of the molecule is CCC(NC(C)N1C(=O)c2cccc3cc(N4CCOCC4)cc(c23)C1=O)NC(C)N1C(=O)c2cccc3cc(N4CCOCC4)cc(c23)C1=O. The highest BCUT2D eigenvalue weighted by Gasteiger charge is 2.39. The molecule has 2 unspecified atom stereocenters. The van der Waals surface area contributed by atoms with Crippen molar-refractivity contribution in [2.24, 2.45) is 0 Å². The summed E-state index contributed by atoms with van der Waals surface area (Å²) in [4.78, 5) is 63.1. The number of hydrogen-bond acceptors (Lipinski definition) is 10. The summed E-state index contributed by atoms with van der Waals surface area (Å²) in [7, 11) is 0. The molecule has 264 valence electrons. The molecule has 2 atom stereocenters. The number of amides is 4. The van der Waals surface area contributed by atoms with E-state index in [0.29, 0.717) is 65.9 Å². The van der Waals surface area contributed by atoms with Crippen LogP contribution in [-0.4, -0.2) is 105 Å². The van der Waals surface area contributed by atoms with Crippen molar-refractivity contribution in [1.29, 1.82) is 0 Å². The van der Waals surface area contributed by atoms with Gasteiger partial charge in [-0.05, 0) is 67.4 Å². The number of nitrogens with one attached hydrogen (secondary N) is 2. The van der Waals surface area contributed by atoms with Crippen molar-refractivity contribution in [3.8, 4) is 0 Å². The topological polar surface area (TPSA) is 124 Å². The average Bonchev–Trinajstić information content (AvgIpc) is 3.16. The van der Waals surface area contributed by atoms with Gasteiger partial charge in [0, 0.05) is 59.5 Å². The normalized spacial score (nSPS) is 19.7. The highest BCUT2D eigenvalue weighted by atomic mass is 16.5. The van der Waals surface area contributed by atoms with Crippen LogP contribution < -0.4 is 20.4 Å². The fraction of sp³-hybridized carbons (Fsp3) is 0.385. The van der Waals surface area contributed by atoms with Crippen LogP contribution in [0.2, 0.25) is 0 Å². The molecule has 0 radical (unpaired) electrons. The number of carbonyl (C=O) groups is 4. The lowest BCUT2D eigenvalue weighted by Gasteiger charge is -2.38. The van der Waals surface area contributed by atoms with E-state index in [-0.39, 0.29) is 23.6 Å². The van der Waals surface area contributed by atoms with E-state index in [1.807, 2.05) is 55.5 Å². The van der Waals surface area contributed by atoms with Gasteiger partial charge in [0.2, 0.25) is 0 Å². The maximum Gasteiger partial charge on any atom is 0.262 e. The first-order valence-electron chi connectivity index (χ1n) is 17.8. The van der Waals surface area contributed by atoms with Crippen LogP contribution in [0.25, 0.3) is 21.5 Å². The van der Waals surface area contributed by atoms with E-state index in [4.69, 9.17) is 9.47 Å². The number of anilines is 2. The molecule has 0 aromatic heterocycles. The van der Waals surface area contributed by atoms with Gasteiger partial charge in [0.15, 0.2) is 0 Å². The van der Waals surface area contributed by atoms with Gasteiger partial charge >= 0.3 is 0 Å². The molecule has 0 spiro atoms. The minimum absolute atomic E-state index is 0.371. The number of nitrogens with zero attached hydrogens (tertiary/aromatic N) is 4. The Balaban J connectivity index is 1.03. The Morgan fingerprint density at radius 3 is 1.37 bits per heavy atom. The van der Waals surface area contributed by atoms with Gasteiger partial charge < -0.3 is 19.3 Å². The van der Waals surface area contributed by atoms with Crippen LogP contribution in [-0.2, 0) is 9.47 Å². The van der Waals surface area contributed by atoms with Crippen molar-refractivity contribution in [1.82, 2.24) is 20.4 Å². The van der Waals surface area contributed by atoms with Gasteiger partial charge in [0.25, 0.3) is 23.6 Å². The zero-order valence-electron chi connectivity index (χ0n) is 29.1. The number of rotatable bonds is 9. The molecule has 4 aromatic carbocycles. The molecule has 4 aliphatic rings. The molecule has 4 aromatic rings. The smallest absolute Gasteiger partial charge is 0.262 e. The van der Waals surface area contributed by atoms with E-state index in [1.54, 1.807) is 26.0 Å². The van der Waals surface area contributed by atoms with E-state index in [0.717, 1.165) is 48.3 Å². The zero-order chi connectivity index (χ0) is 35.4. The number of carbonyl (C=O) groups excluding carboxylic acids is 4. The van der Waals surface area contributed by atoms with E-state index in [9.17, 15) is 19.2 Å². The molecular weight excluding hydrogens is 648 g/mol. The van der Waals surface area contributed by atoms with Gasteiger partial charge in [0.05, 0.1) is 56.1 Å². The van der Waals surface area contributed by atoms with Gasteiger partial charge in [-0.15, -0.1) is 0 Å². The lowest BCUT2D eigenvalue weighted by molar-refractivity contribution is 0.0472. The van der Waals surface area contributed by atoms with E-state index in [1.165, 1.54) is 9.80 Å². The largest absolute Gasteiger partial charge is 0.378 e. The van der Waals surface area contributed by atoms with Crippen molar-refractivity contribution >= 4 is 56.5 Å². The monoisotopic (exact) mass is 690 g/mol. The van der Waals surface area contributed by atoms with Crippen molar-refractivity contribution in [3.05, 3.63) is 82.9 Å². The summed E-state index contributed by atoms with van der Waals surface area (Å²) in [5.74, 6) is -1.49. The standard InChI is InChI=1S/C39H42N6O6/c1-4-33(40-23(2)44-36(46)29-9-5-7-25-19-27(42-11-15-50-16-12-42)21-31(34(25)29)38(44)48)41-24(3)45-37(47)30-10-6-8-26-20-28(43-13-17-51-18-14-43)22-32(35(26)30)39(45)49/h5-10,19-24,33,40-41H,4,11-18H2,1-3H3. The van der Waals surface area contributed by atoms with Crippen LogP contribution in [0.15, 0.2) is 60.7 Å². The molecule has 8 rings (SSSR count). The van der Waals surface area contributed by atoms with E-state index < -0.39 is 18.5 Å². The summed E-state index contributed by atoms with van der Waals surface area (Å²) in [6.07, 6.45) is -1.32. The van der Waals surface area contributed by atoms with Crippen LogP contribution in [0.1, 0.15) is 68.6 Å². The van der Waals surface area contributed by atoms with Crippen LogP contribution in [0.3, 0.4) is 0 Å². The molecule has 12 heteroatoms. The van der Waals surface area contributed by atoms with Crippen molar-refractivity contribution in [3.63, 3.8) is 0 Å². The Bertz CT molecular complexity index is 1930. The third-order valence-electron chi connectivity index (χ3n) is 10.5. The minimum Gasteiger partial charge on any atom is -0.378 e. The van der Waals surface area contributed by atoms with Crippen LogP contribution >= 0.6 is 0 Å². The molecule has 4 aliphatic heterocycles. The van der Waals surface area contributed by atoms with Gasteiger partial charge in [-0.2, -0.15) is 0 Å². The summed E-state index contributed by atoms with van der Waals surface area (Å²) >= 11 is 0. The van der Waals surface area contributed by atoms with Crippen molar-refractivity contribution in [2.45, 2.75) is 45.7 Å². The molecular formula is C39H42N6O6. The first kappa shape index (κ1) is 33.3. The van der Waals surface area contributed by atoms with Gasteiger partial charge in [-0.1, -0.05) is 31.2 Å². The molecule has 51 heavy (non-hydrogen) atoms. The number of ether oxygens (including phenoxy) is 2. The lowest BCUT2D eigenvalue weighted by atomic mass is 9.92. The van der Waals surface area contributed by atoms with Gasteiger partial charge in [-0.25, -0.2) is 0 Å². The first-order chi connectivity index (χ1) is 24.7. The predicted molar refractivity (Wildman–Crippen MR) is 194 cm³/mol. The van der Waals surface area contributed by atoms with E-state index >= 15 is 0 Å². The predicted octanol–water partition coefficient (Wildman–Crippen LogP) is 4.17. The van der Waals surface area contributed by atoms with Crippen LogP contribution in [0.5, 0.6) is 0 Å². The minimum atomic E-state index is -0.705. The molecule has 4 heterocycles. The molecule has 12 nitrogen and oxygen atoms in total. The maximum atomic E-state index is 14.2. The molecule has 0 aliphatic carbocycles. The molecule has 0 saturated carbocycles. The number of imide groups is 2. The second kappa shape index (κ2) is 13.3. The Morgan fingerprint density at radius 2 is 0.980 bits per heavy atom. The van der Waals surface area contributed by atoms with Gasteiger partial charge in [0.1, 0.15) is 0 Å². The van der Waals surface area contributed by atoms with Crippen molar-refractivity contribution < 1.29 is 28.7 Å². The number of hydrogen-bond donors (Lipinski definition) is 2. The Hall–Kier alpha value is -4.88. The summed E-state index contributed by atoms with van der Waals surface area (Å²) in [6, 6.07) is 19.0. The van der Waals surface area contributed by atoms with Crippen LogP contribution in [0, 0.1) is 0 Å². The first-order valence-corrected chi connectivity index (χ1v) is 17.8. The molecule has 2 fully saturated rings. The average molecular weight is 691 g/mol. The molecule has 4 amide bonds. The maximum absolute atomic E-state index is 14.2. The third-order valence-corrected chi connectivity index (χ3v) is 10.5. The highest BCUT2D eigenvalue weighted by molar-refractivity contribution is 6.27. The number of benzene rings is 4. The summed E-state index contributed by atoms with van der Waals surface area (Å²) in [5, 5.41) is 9.84. The fourth-order valence-corrected chi connectivity index (χ4v) is 7.95. The molecule has 0 bridgehead atoms. The second-order valence-corrected chi connectivity index (χ2v) is 13.6. The third kappa shape index (κ3) is 5.72. The van der Waals surface area contributed by atoms with Crippen molar-refractivity contribution in [2.75, 3.05) is 62.4 Å². The van der Waals surface area contributed by atoms with E-state index in [2.05, 4.69) is 20.4 Å². The number of morpholine rings is 2. The summed E-state index contributed by atoms with van der Waals surface area (Å²) < 4.78 is 11.1. The fourth-order valence-electron chi connectivity index (χ4n) is 7.95. The zero-order valence-corrected chi connectivity index (χ0v) is 29.1. The second-order valence-electron chi connectivity index (χ2n) is 13.6. The summed E-state index contributed by atoms with van der Waals surface area (Å²) in [6.45, 7) is 10.9.